The normalized spacial score (nSPS) is 21.1. The van der Waals surface area contributed by atoms with Crippen LogP contribution < -0.4 is 5.32 Å². The molecule has 0 aliphatic carbocycles. The SMILES string of the molecule is O=C1CCC(C(=O)N2CCC(c3[nH]ncc3-c3cccc(F)c3)CC2)CN1. The molecule has 6 nitrogen and oxygen atoms in total. The fourth-order valence-corrected chi connectivity index (χ4v) is 4.08. The van der Waals surface area contributed by atoms with Crippen molar-refractivity contribution in [2.24, 2.45) is 5.92 Å². The first-order valence-corrected chi connectivity index (χ1v) is 9.46. The maximum absolute atomic E-state index is 13.6. The molecule has 0 bridgehead atoms. The number of halogens is 1. The van der Waals surface area contributed by atoms with Gasteiger partial charge in [-0.25, -0.2) is 4.39 Å². The van der Waals surface area contributed by atoms with Gasteiger partial charge in [0.25, 0.3) is 0 Å². The molecule has 142 valence electrons. The summed E-state index contributed by atoms with van der Waals surface area (Å²) in [5, 5.41) is 10.0. The predicted molar refractivity (Wildman–Crippen MR) is 98.3 cm³/mol. The molecule has 1 atom stereocenters. The molecule has 0 radical (unpaired) electrons. The van der Waals surface area contributed by atoms with Gasteiger partial charge in [0.2, 0.25) is 11.8 Å². The lowest BCUT2D eigenvalue weighted by Crippen LogP contribution is -2.47. The first-order chi connectivity index (χ1) is 13.1. The van der Waals surface area contributed by atoms with Crippen LogP contribution in [0.3, 0.4) is 0 Å². The van der Waals surface area contributed by atoms with E-state index < -0.39 is 0 Å². The monoisotopic (exact) mass is 370 g/mol. The number of amides is 2. The largest absolute Gasteiger partial charge is 0.355 e. The number of benzene rings is 1. The Morgan fingerprint density at radius 2 is 2.04 bits per heavy atom. The third kappa shape index (κ3) is 3.72. The van der Waals surface area contributed by atoms with Gasteiger partial charge in [-0.1, -0.05) is 12.1 Å². The van der Waals surface area contributed by atoms with Gasteiger partial charge in [0.1, 0.15) is 5.82 Å². The van der Waals surface area contributed by atoms with Crippen molar-refractivity contribution in [2.45, 2.75) is 31.6 Å². The van der Waals surface area contributed by atoms with E-state index in [0.717, 1.165) is 29.7 Å². The average Bonchev–Trinajstić information content (AvgIpc) is 3.18. The number of aromatic nitrogens is 2. The van der Waals surface area contributed by atoms with Crippen molar-refractivity contribution in [1.82, 2.24) is 20.4 Å². The Labute approximate surface area is 157 Å². The highest BCUT2D eigenvalue weighted by Crippen LogP contribution is 2.34. The Bertz CT molecular complexity index is 832. The minimum Gasteiger partial charge on any atom is -0.355 e. The highest BCUT2D eigenvalue weighted by atomic mass is 19.1. The number of piperidine rings is 2. The van der Waals surface area contributed by atoms with Crippen molar-refractivity contribution in [3.8, 4) is 11.1 Å². The van der Waals surface area contributed by atoms with Crippen molar-refractivity contribution in [2.75, 3.05) is 19.6 Å². The maximum Gasteiger partial charge on any atom is 0.227 e. The number of rotatable bonds is 3. The van der Waals surface area contributed by atoms with E-state index >= 15 is 0 Å². The number of carbonyl (C=O) groups excluding carboxylic acids is 2. The number of aromatic amines is 1. The van der Waals surface area contributed by atoms with E-state index in [1.54, 1.807) is 12.3 Å². The van der Waals surface area contributed by atoms with Crippen molar-refractivity contribution in [3.05, 3.63) is 42.0 Å². The molecule has 4 rings (SSSR count). The Morgan fingerprint density at radius 3 is 2.74 bits per heavy atom. The van der Waals surface area contributed by atoms with E-state index in [9.17, 15) is 14.0 Å². The van der Waals surface area contributed by atoms with Gasteiger partial charge >= 0.3 is 0 Å². The summed E-state index contributed by atoms with van der Waals surface area (Å²) in [6.45, 7) is 1.83. The predicted octanol–water partition coefficient (Wildman–Crippen LogP) is 2.45. The zero-order chi connectivity index (χ0) is 18.8. The number of nitrogens with zero attached hydrogens (tertiary/aromatic N) is 2. The Hall–Kier alpha value is -2.70. The lowest BCUT2D eigenvalue weighted by atomic mass is 9.88. The van der Waals surface area contributed by atoms with Gasteiger partial charge in [0.05, 0.1) is 12.1 Å². The number of likely N-dealkylation sites (tertiary alicyclic amines) is 1. The molecule has 2 amide bonds. The van der Waals surface area contributed by atoms with Crippen LogP contribution >= 0.6 is 0 Å². The van der Waals surface area contributed by atoms with E-state index in [1.807, 2.05) is 11.0 Å². The van der Waals surface area contributed by atoms with Crippen LogP contribution in [0.4, 0.5) is 4.39 Å². The fraction of sp³-hybridized carbons (Fsp3) is 0.450. The first kappa shape index (κ1) is 17.7. The number of nitrogens with one attached hydrogen (secondary N) is 2. The molecule has 2 fully saturated rings. The molecule has 3 heterocycles. The second-order valence-electron chi connectivity index (χ2n) is 7.35. The molecule has 2 N–H and O–H groups in total. The second kappa shape index (κ2) is 7.50. The molecule has 1 unspecified atom stereocenters. The molecule has 2 aliphatic rings. The maximum atomic E-state index is 13.6. The van der Waals surface area contributed by atoms with Crippen molar-refractivity contribution in [3.63, 3.8) is 0 Å². The van der Waals surface area contributed by atoms with Crippen LogP contribution in [-0.2, 0) is 9.59 Å². The van der Waals surface area contributed by atoms with Crippen LogP contribution in [0.15, 0.2) is 30.5 Å². The molecule has 27 heavy (non-hydrogen) atoms. The summed E-state index contributed by atoms with van der Waals surface area (Å²) in [5.74, 6) is 0.0695. The quantitative estimate of drug-likeness (QED) is 0.871. The molecule has 2 aliphatic heterocycles. The van der Waals surface area contributed by atoms with Gasteiger partial charge in [-0.2, -0.15) is 5.10 Å². The molecular formula is C20H23FN4O2. The summed E-state index contributed by atoms with van der Waals surface area (Å²) < 4.78 is 13.6. The van der Waals surface area contributed by atoms with Gasteiger partial charge in [0.15, 0.2) is 0 Å². The van der Waals surface area contributed by atoms with Crippen LogP contribution in [-0.4, -0.2) is 46.5 Å². The zero-order valence-electron chi connectivity index (χ0n) is 15.1. The van der Waals surface area contributed by atoms with Crippen LogP contribution in [0.5, 0.6) is 0 Å². The molecule has 0 spiro atoms. The summed E-state index contributed by atoms with van der Waals surface area (Å²) in [5.41, 5.74) is 2.75. The third-order valence-electron chi connectivity index (χ3n) is 5.63. The summed E-state index contributed by atoms with van der Waals surface area (Å²) >= 11 is 0. The fourth-order valence-electron chi connectivity index (χ4n) is 4.08. The van der Waals surface area contributed by atoms with Crippen LogP contribution in [0.25, 0.3) is 11.1 Å². The Kier molecular flexibility index (Phi) is 4.92. The number of hydrogen-bond acceptors (Lipinski definition) is 3. The highest BCUT2D eigenvalue weighted by Gasteiger charge is 2.32. The standard InChI is InChI=1S/C20H23FN4O2/c21-16-3-1-2-14(10-16)17-12-23-24-19(17)13-6-8-25(9-7-13)20(27)15-4-5-18(26)22-11-15/h1-3,10,12-13,15H,4-9,11H2,(H,22,26)(H,23,24). The van der Waals surface area contributed by atoms with Crippen LogP contribution in [0, 0.1) is 11.7 Å². The number of hydrogen-bond donors (Lipinski definition) is 2. The van der Waals surface area contributed by atoms with E-state index in [1.165, 1.54) is 12.1 Å². The topological polar surface area (TPSA) is 78.1 Å². The van der Waals surface area contributed by atoms with Gasteiger partial charge < -0.3 is 10.2 Å². The van der Waals surface area contributed by atoms with E-state index in [2.05, 4.69) is 15.5 Å². The van der Waals surface area contributed by atoms with Gasteiger partial charge in [-0.15, -0.1) is 0 Å². The van der Waals surface area contributed by atoms with Crippen molar-refractivity contribution in [1.29, 1.82) is 0 Å². The molecule has 7 heteroatoms. The first-order valence-electron chi connectivity index (χ1n) is 9.46. The Balaban J connectivity index is 1.41. The molecule has 2 saturated heterocycles. The van der Waals surface area contributed by atoms with E-state index in [4.69, 9.17) is 0 Å². The van der Waals surface area contributed by atoms with Crippen molar-refractivity contribution >= 4 is 11.8 Å². The van der Waals surface area contributed by atoms with Crippen LogP contribution in [0.1, 0.15) is 37.3 Å². The lowest BCUT2D eigenvalue weighted by Gasteiger charge is -2.35. The minimum atomic E-state index is -0.264. The second-order valence-corrected chi connectivity index (χ2v) is 7.35. The minimum absolute atomic E-state index is 0.0295. The average molecular weight is 370 g/mol. The van der Waals surface area contributed by atoms with Crippen molar-refractivity contribution < 1.29 is 14.0 Å². The summed E-state index contributed by atoms with van der Waals surface area (Å²) in [6, 6.07) is 6.53. The number of H-pyrrole nitrogens is 1. The summed E-state index contributed by atoms with van der Waals surface area (Å²) in [4.78, 5) is 25.9. The molecule has 0 saturated carbocycles. The van der Waals surface area contributed by atoms with Gasteiger partial charge in [-0.3, -0.25) is 14.7 Å². The molecule has 1 aromatic carbocycles. The smallest absolute Gasteiger partial charge is 0.227 e. The lowest BCUT2D eigenvalue weighted by molar-refractivity contribution is -0.138. The molecule has 2 aromatic rings. The molecule has 1 aromatic heterocycles. The van der Waals surface area contributed by atoms with E-state index in [0.29, 0.717) is 32.5 Å². The third-order valence-corrected chi connectivity index (χ3v) is 5.63. The number of carbonyl (C=O) groups is 2. The summed E-state index contributed by atoms with van der Waals surface area (Å²) in [6.07, 6.45) is 4.49. The summed E-state index contributed by atoms with van der Waals surface area (Å²) in [7, 11) is 0. The molecular weight excluding hydrogens is 347 g/mol. The Morgan fingerprint density at radius 1 is 1.22 bits per heavy atom. The zero-order valence-corrected chi connectivity index (χ0v) is 15.1. The van der Waals surface area contributed by atoms with Gasteiger partial charge in [0, 0.05) is 43.2 Å². The van der Waals surface area contributed by atoms with Crippen LogP contribution in [0.2, 0.25) is 0 Å². The van der Waals surface area contributed by atoms with E-state index in [-0.39, 0.29) is 29.5 Å². The highest BCUT2D eigenvalue weighted by molar-refractivity contribution is 5.83. The van der Waals surface area contributed by atoms with Gasteiger partial charge in [-0.05, 0) is 37.0 Å².